The average Bonchev–Trinajstić information content (AvgIpc) is 3.03. The van der Waals surface area contributed by atoms with Gasteiger partial charge in [-0.3, -0.25) is 13.9 Å². The Bertz CT molecular complexity index is 1740. The number of nitrogens with zero attached hydrogens (tertiary/aromatic N) is 2. The molecule has 0 radical (unpaired) electrons. The number of aryl methyl sites for hydroxylation is 1. The lowest BCUT2D eigenvalue weighted by Gasteiger charge is -2.34. The molecule has 0 aliphatic rings. The summed E-state index contributed by atoms with van der Waals surface area (Å²) in [6.45, 7) is 3.54. The van der Waals surface area contributed by atoms with E-state index in [0.717, 1.165) is 15.4 Å². The lowest BCUT2D eigenvalue weighted by molar-refractivity contribution is -0.140. The van der Waals surface area contributed by atoms with Crippen molar-refractivity contribution in [3.8, 4) is 0 Å². The summed E-state index contributed by atoms with van der Waals surface area (Å²) < 4.78 is 29.2. The van der Waals surface area contributed by atoms with Crippen molar-refractivity contribution < 1.29 is 18.0 Å². The molecule has 236 valence electrons. The Hall–Kier alpha value is -3.56. The third-order valence-electron chi connectivity index (χ3n) is 7.20. The van der Waals surface area contributed by atoms with Gasteiger partial charge < -0.3 is 10.2 Å². The minimum absolute atomic E-state index is 0.00819. The van der Waals surface area contributed by atoms with Crippen LogP contribution in [0.3, 0.4) is 0 Å². The van der Waals surface area contributed by atoms with Crippen molar-refractivity contribution in [3.05, 3.63) is 129 Å². The molecule has 1 atom stereocenters. The molecule has 45 heavy (non-hydrogen) atoms. The molecule has 4 rings (SSSR count). The summed E-state index contributed by atoms with van der Waals surface area (Å²) in [7, 11) is -4.27. The zero-order valence-electron chi connectivity index (χ0n) is 24.9. The van der Waals surface area contributed by atoms with Crippen molar-refractivity contribution in [2.75, 3.05) is 17.4 Å². The molecule has 0 saturated heterocycles. The predicted molar refractivity (Wildman–Crippen MR) is 181 cm³/mol. The molecule has 1 N–H and O–H groups in total. The number of nitrogens with one attached hydrogen (secondary N) is 1. The van der Waals surface area contributed by atoms with E-state index in [4.69, 9.17) is 34.8 Å². The quantitative estimate of drug-likeness (QED) is 0.160. The van der Waals surface area contributed by atoms with Crippen molar-refractivity contribution in [2.24, 2.45) is 0 Å². The Morgan fingerprint density at radius 1 is 0.822 bits per heavy atom. The van der Waals surface area contributed by atoms with Gasteiger partial charge in [0.2, 0.25) is 11.8 Å². The van der Waals surface area contributed by atoms with Crippen LogP contribution in [0.4, 0.5) is 5.69 Å². The molecule has 0 heterocycles. The van der Waals surface area contributed by atoms with Crippen LogP contribution in [0.15, 0.2) is 102 Å². The van der Waals surface area contributed by atoms with Crippen LogP contribution >= 0.6 is 34.8 Å². The molecule has 0 spiro atoms. The first-order valence-electron chi connectivity index (χ1n) is 14.4. The molecule has 0 aromatic heterocycles. The van der Waals surface area contributed by atoms with Gasteiger partial charge >= 0.3 is 0 Å². The molecule has 2 amide bonds. The van der Waals surface area contributed by atoms with Crippen LogP contribution in [0, 0.1) is 6.92 Å². The molecule has 0 fully saturated rings. The van der Waals surface area contributed by atoms with E-state index in [1.807, 2.05) is 44.2 Å². The zero-order chi connectivity index (χ0) is 32.6. The van der Waals surface area contributed by atoms with Gasteiger partial charge in [-0.25, -0.2) is 8.42 Å². The molecule has 1 unspecified atom stereocenters. The van der Waals surface area contributed by atoms with Crippen LogP contribution < -0.4 is 9.62 Å². The Kier molecular flexibility index (Phi) is 11.9. The Morgan fingerprint density at radius 3 is 2.13 bits per heavy atom. The predicted octanol–water partition coefficient (Wildman–Crippen LogP) is 7.32. The monoisotopic (exact) mass is 685 g/mol. The number of sulfonamides is 1. The van der Waals surface area contributed by atoms with E-state index in [0.29, 0.717) is 23.6 Å². The molecule has 4 aromatic carbocycles. The first-order chi connectivity index (χ1) is 21.5. The van der Waals surface area contributed by atoms with E-state index in [2.05, 4.69) is 5.32 Å². The maximum Gasteiger partial charge on any atom is 0.264 e. The highest BCUT2D eigenvalue weighted by atomic mass is 35.5. The Morgan fingerprint density at radius 2 is 1.49 bits per heavy atom. The normalized spacial score (nSPS) is 11.9. The Balaban J connectivity index is 1.82. The molecule has 0 bridgehead atoms. The third kappa shape index (κ3) is 8.79. The molecule has 7 nitrogen and oxygen atoms in total. The topological polar surface area (TPSA) is 86.8 Å². The number of benzene rings is 4. The summed E-state index contributed by atoms with van der Waals surface area (Å²) in [6.07, 6.45) is 0.895. The number of anilines is 1. The van der Waals surface area contributed by atoms with Crippen molar-refractivity contribution >= 4 is 62.3 Å². The van der Waals surface area contributed by atoms with Gasteiger partial charge in [-0.1, -0.05) is 108 Å². The van der Waals surface area contributed by atoms with Crippen molar-refractivity contribution in [2.45, 2.75) is 44.2 Å². The summed E-state index contributed by atoms with van der Waals surface area (Å²) in [5, 5.41) is 3.69. The lowest BCUT2D eigenvalue weighted by Crippen LogP contribution is -2.53. The molecule has 4 aromatic rings. The number of halogens is 3. The highest BCUT2D eigenvalue weighted by Crippen LogP contribution is 2.31. The second kappa shape index (κ2) is 15.6. The van der Waals surface area contributed by atoms with Gasteiger partial charge in [0.25, 0.3) is 10.0 Å². The van der Waals surface area contributed by atoms with Gasteiger partial charge in [0, 0.05) is 24.5 Å². The fourth-order valence-electron chi connectivity index (χ4n) is 4.74. The summed E-state index contributed by atoms with van der Waals surface area (Å²) in [6, 6.07) is 26.1. The number of carbonyl (C=O) groups excluding carboxylic acids is 2. The van der Waals surface area contributed by atoms with Crippen molar-refractivity contribution in [3.63, 3.8) is 0 Å². The smallest absolute Gasteiger partial charge is 0.264 e. The van der Waals surface area contributed by atoms with Gasteiger partial charge in [-0.2, -0.15) is 0 Å². The van der Waals surface area contributed by atoms with E-state index < -0.39 is 28.5 Å². The van der Waals surface area contributed by atoms with Gasteiger partial charge in [-0.15, -0.1) is 0 Å². The van der Waals surface area contributed by atoms with Crippen LogP contribution in [0.2, 0.25) is 15.1 Å². The van der Waals surface area contributed by atoms with Crippen LogP contribution in [0.25, 0.3) is 0 Å². The minimum Gasteiger partial charge on any atom is -0.354 e. The van der Waals surface area contributed by atoms with E-state index in [1.54, 1.807) is 36.4 Å². The standard InChI is InChI=1S/C34H34Cl3N3O4S/c1-3-19-38-34(42)32(20-25-9-5-4-6-10-25)39(22-26-11-7-8-12-29(26)35)33(41)23-40(27-15-18-30(36)31(37)21-27)45(43,44)28-16-13-24(2)14-17-28/h4-18,21,32H,3,19-20,22-23H2,1-2H3,(H,38,42). The van der Waals surface area contributed by atoms with Crippen molar-refractivity contribution in [1.82, 2.24) is 10.2 Å². The summed E-state index contributed by atoms with van der Waals surface area (Å²) in [5.41, 5.74) is 2.46. The molecule has 0 saturated carbocycles. The minimum atomic E-state index is -4.27. The van der Waals surface area contributed by atoms with Crippen LogP contribution in [-0.4, -0.2) is 44.3 Å². The number of carbonyl (C=O) groups is 2. The highest BCUT2D eigenvalue weighted by molar-refractivity contribution is 7.92. The van der Waals surface area contributed by atoms with Gasteiger partial charge in [-0.05, 0) is 60.9 Å². The fourth-order valence-corrected chi connectivity index (χ4v) is 6.63. The number of hydrogen-bond acceptors (Lipinski definition) is 4. The number of hydrogen-bond donors (Lipinski definition) is 1. The SMILES string of the molecule is CCCNC(=O)C(Cc1ccccc1)N(Cc1ccccc1Cl)C(=O)CN(c1ccc(Cl)c(Cl)c1)S(=O)(=O)c1ccc(C)cc1. The summed E-state index contributed by atoms with van der Waals surface area (Å²) >= 11 is 19.0. The summed E-state index contributed by atoms with van der Waals surface area (Å²) in [4.78, 5) is 29.6. The van der Waals surface area contributed by atoms with E-state index in [-0.39, 0.29) is 39.5 Å². The number of rotatable bonds is 13. The van der Waals surface area contributed by atoms with Crippen LogP contribution in [-0.2, 0) is 32.6 Å². The zero-order valence-corrected chi connectivity index (χ0v) is 28.0. The van der Waals surface area contributed by atoms with E-state index in [9.17, 15) is 18.0 Å². The maximum absolute atomic E-state index is 14.5. The molecular weight excluding hydrogens is 653 g/mol. The van der Waals surface area contributed by atoms with Crippen LogP contribution in [0.5, 0.6) is 0 Å². The molecule has 11 heteroatoms. The maximum atomic E-state index is 14.5. The Labute approximate surface area is 279 Å². The molecule has 0 aliphatic carbocycles. The first kappa shape index (κ1) is 34.3. The largest absolute Gasteiger partial charge is 0.354 e. The van der Waals surface area contributed by atoms with Gasteiger partial charge in [0.1, 0.15) is 12.6 Å². The molecule has 0 aliphatic heterocycles. The average molecular weight is 687 g/mol. The summed E-state index contributed by atoms with van der Waals surface area (Å²) in [5.74, 6) is -0.965. The second-order valence-electron chi connectivity index (χ2n) is 10.5. The van der Waals surface area contributed by atoms with Crippen molar-refractivity contribution in [1.29, 1.82) is 0 Å². The van der Waals surface area contributed by atoms with Crippen LogP contribution in [0.1, 0.15) is 30.0 Å². The second-order valence-corrected chi connectivity index (χ2v) is 13.6. The van der Waals surface area contributed by atoms with E-state index in [1.165, 1.54) is 35.2 Å². The first-order valence-corrected chi connectivity index (χ1v) is 17.0. The third-order valence-corrected chi connectivity index (χ3v) is 10.1. The van der Waals surface area contributed by atoms with Gasteiger partial charge in [0.15, 0.2) is 0 Å². The number of amides is 2. The van der Waals surface area contributed by atoms with E-state index >= 15 is 0 Å². The highest BCUT2D eigenvalue weighted by Gasteiger charge is 2.35. The van der Waals surface area contributed by atoms with Gasteiger partial charge in [0.05, 0.1) is 20.6 Å². The molecular formula is C34H34Cl3N3O4S. The fraction of sp³-hybridized carbons (Fsp3) is 0.235. The lowest BCUT2D eigenvalue weighted by atomic mass is 10.0.